The van der Waals surface area contributed by atoms with Crippen molar-refractivity contribution in [1.82, 2.24) is 4.98 Å². The Morgan fingerprint density at radius 1 is 1.04 bits per heavy atom. The zero-order valence-corrected chi connectivity index (χ0v) is 16.8. The number of methoxy groups -OCH3 is 1. The first kappa shape index (κ1) is 18.0. The second kappa shape index (κ2) is 7.33. The third-order valence-electron chi connectivity index (χ3n) is 4.73. The summed E-state index contributed by atoms with van der Waals surface area (Å²) in [5.74, 6) is 0.495. The van der Waals surface area contributed by atoms with Gasteiger partial charge in [-0.05, 0) is 70.0 Å². The average Bonchev–Trinajstić information content (AvgIpc) is 2.69. The molecule has 136 valence electrons. The van der Waals surface area contributed by atoms with Crippen LogP contribution in [-0.2, 0) is 4.79 Å². The maximum absolute atomic E-state index is 13.1. The lowest BCUT2D eigenvalue weighted by Crippen LogP contribution is -2.54. The molecule has 1 aromatic heterocycles. The summed E-state index contributed by atoms with van der Waals surface area (Å²) < 4.78 is 6.12. The number of hydrogen-bond acceptors (Lipinski definition) is 3. The Morgan fingerprint density at radius 3 is 2.33 bits per heavy atom. The van der Waals surface area contributed by atoms with Crippen molar-refractivity contribution in [2.24, 2.45) is 0 Å². The molecule has 1 saturated heterocycles. The number of carbonyl (C=O) groups is 1. The molecule has 1 amide bonds. The van der Waals surface area contributed by atoms with Crippen molar-refractivity contribution < 1.29 is 9.53 Å². The Balaban J connectivity index is 1.74. The Hall–Kier alpha value is -2.37. The average molecular weight is 444 g/mol. The molecule has 1 aliphatic rings. The van der Waals surface area contributed by atoms with E-state index in [2.05, 4.69) is 20.9 Å². The molecule has 0 aliphatic carbocycles. The monoisotopic (exact) mass is 442 g/mol. The quantitative estimate of drug-likeness (QED) is 0.509. The molecule has 4 nitrogen and oxygen atoms in total. The number of β-lactam (4-membered cyclic amide) rings is 1. The molecule has 1 aliphatic heterocycles. The van der Waals surface area contributed by atoms with Crippen LogP contribution < -0.4 is 9.64 Å². The van der Waals surface area contributed by atoms with Crippen molar-refractivity contribution in [3.8, 4) is 5.75 Å². The van der Waals surface area contributed by atoms with Gasteiger partial charge in [0.05, 0.1) is 24.8 Å². The Labute approximate surface area is 170 Å². The van der Waals surface area contributed by atoms with Crippen molar-refractivity contribution in [2.75, 3.05) is 12.0 Å². The molecule has 3 aromatic rings. The molecule has 2 heterocycles. The smallest absolute Gasteiger partial charge is 0.237 e. The number of ether oxygens (including phenoxy) is 1. The van der Waals surface area contributed by atoms with Gasteiger partial charge in [0.25, 0.3) is 0 Å². The normalized spacial score (nSPS) is 18.9. The van der Waals surface area contributed by atoms with E-state index in [9.17, 15) is 4.79 Å². The first-order valence-electron chi connectivity index (χ1n) is 8.42. The van der Waals surface area contributed by atoms with Gasteiger partial charge in [0.15, 0.2) is 0 Å². The minimum absolute atomic E-state index is 0.0391. The molecular formula is C21H16BrClN2O2. The van der Waals surface area contributed by atoms with Gasteiger partial charge in [-0.25, -0.2) is 0 Å². The predicted octanol–water partition coefficient (Wildman–Crippen LogP) is 5.38. The van der Waals surface area contributed by atoms with E-state index in [0.29, 0.717) is 5.02 Å². The summed E-state index contributed by atoms with van der Waals surface area (Å²) in [6.45, 7) is 0. The number of anilines is 1. The molecule has 1 fully saturated rings. The lowest BCUT2D eigenvalue weighted by molar-refractivity contribution is -0.126. The Bertz CT molecular complexity index is 959. The molecule has 4 rings (SSSR count). The Morgan fingerprint density at radius 2 is 1.74 bits per heavy atom. The van der Waals surface area contributed by atoms with E-state index < -0.39 is 0 Å². The van der Waals surface area contributed by atoms with Crippen molar-refractivity contribution >= 4 is 39.1 Å². The number of amides is 1. The lowest BCUT2D eigenvalue weighted by atomic mass is 9.79. The Kier molecular flexibility index (Phi) is 4.89. The van der Waals surface area contributed by atoms with E-state index in [1.54, 1.807) is 18.2 Å². The SMILES string of the molecule is COc1ccc(N2C(=O)[C@H](c3ccc(Cl)cc3)[C@H]2c2ccc(Br)cn2)cc1. The van der Waals surface area contributed by atoms with Gasteiger partial charge in [-0.1, -0.05) is 23.7 Å². The van der Waals surface area contributed by atoms with Gasteiger partial charge in [0.2, 0.25) is 5.91 Å². The van der Waals surface area contributed by atoms with Crippen molar-refractivity contribution in [2.45, 2.75) is 12.0 Å². The molecule has 0 spiro atoms. The zero-order chi connectivity index (χ0) is 19.0. The number of aromatic nitrogens is 1. The summed E-state index contributed by atoms with van der Waals surface area (Å²) in [6, 6.07) is 18.6. The van der Waals surface area contributed by atoms with Gasteiger partial charge in [0.1, 0.15) is 5.75 Å². The topological polar surface area (TPSA) is 42.4 Å². The highest BCUT2D eigenvalue weighted by Crippen LogP contribution is 2.48. The molecule has 2 atom stereocenters. The first-order chi connectivity index (χ1) is 13.1. The molecule has 27 heavy (non-hydrogen) atoms. The second-order valence-corrected chi connectivity index (χ2v) is 7.63. The van der Waals surface area contributed by atoms with Crippen LogP contribution in [-0.4, -0.2) is 18.0 Å². The number of rotatable bonds is 4. The van der Waals surface area contributed by atoms with E-state index in [0.717, 1.165) is 27.2 Å². The fourth-order valence-electron chi connectivity index (χ4n) is 3.38. The summed E-state index contributed by atoms with van der Waals surface area (Å²) in [4.78, 5) is 19.4. The van der Waals surface area contributed by atoms with Gasteiger partial charge in [-0.2, -0.15) is 0 Å². The fourth-order valence-corrected chi connectivity index (χ4v) is 3.74. The predicted molar refractivity (Wildman–Crippen MR) is 109 cm³/mol. The summed E-state index contributed by atoms with van der Waals surface area (Å²) in [5.41, 5.74) is 2.60. The van der Waals surface area contributed by atoms with E-state index >= 15 is 0 Å². The molecule has 2 aromatic carbocycles. The number of benzene rings is 2. The molecule has 0 bridgehead atoms. The van der Waals surface area contributed by atoms with Crippen LogP contribution in [0.2, 0.25) is 5.02 Å². The highest BCUT2D eigenvalue weighted by Gasteiger charge is 2.50. The molecule has 0 unspecified atom stereocenters. The maximum atomic E-state index is 13.1. The minimum Gasteiger partial charge on any atom is -0.497 e. The second-order valence-electron chi connectivity index (χ2n) is 6.28. The van der Waals surface area contributed by atoms with Crippen molar-refractivity contribution in [3.05, 3.63) is 87.6 Å². The third-order valence-corrected chi connectivity index (χ3v) is 5.45. The molecule has 0 radical (unpaired) electrons. The highest BCUT2D eigenvalue weighted by atomic mass is 79.9. The number of nitrogens with zero attached hydrogens (tertiary/aromatic N) is 2. The highest BCUT2D eigenvalue weighted by molar-refractivity contribution is 9.10. The summed E-state index contributed by atoms with van der Waals surface area (Å²) in [6.07, 6.45) is 1.75. The van der Waals surface area contributed by atoms with E-state index in [1.165, 1.54) is 0 Å². The third kappa shape index (κ3) is 3.33. The lowest BCUT2D eigenvalue weighted by Gasteiger charge is -2.47. The fraction of sp³-hybridized carbons (Fsp3) is 0.143. The first-order valence-corrected chi connectivity index (χ1v) is 9.59. The molecule has 0 N–H and O–H groups in total. The van der Waals surface area contributed by atoms with Crippen LogP contribution in [0, 0.1) is 0 Å². The summed E-state index contributed by atoms with van der Waals surface area (Å²) in [5, 5.41) is 0.649. The van der Waals surface area contributed by atoms with Crippen molar-refractivity contribution in [1.29, 1.82) is 0 Å². The molecule has 0 saturated carbocycles. The standard InChI is InChI=1S/C21H16BrClN2O2/c1-27-17-9-7-16(8-10-17)25-20(18-11-4-14(22)12-24-18)19(21(25)26)13-2-5-15(23)6-3-13/h2-12,19-20H,1H3/t19-,20-/m1/s1. The number of halogens is 2. The van der Waals surface area contributed by atoms with Crippen LogP contribution in [0.15, 0.2) is 71.3 Å². The van der Waals surface area contributed by atoms with Crippen LogP contribution >= 0.6 is 27.5 Å². The number of pyridine rings is 1. The zero-order valence-electron chi connectivity index (χ0n) is 14.5. The van der Waals surface area contributed by atoms with Crippen LogP contribution in [0.1, 0.15) is 23.2 Å². The number of carbonyl (C=O) groups excluding carboxylic acids is 1. The van der Waals surface area contributed by atoms with Gasteiger partial charge in [-0.15, -0.1) is 0 Å². The summed E-state index contributed by atoms with van der Waals surface area (Å²) >= 11 is 9.43. The van der Waals surface area contributed by atoms with E-state index in [-0.39, 0.29) is 17.9 Å². The molecular weight excluding hydrogens is 428 g/mol. The van der Waals surface area contributed by atoms with Gasteiger partial charge >= 0.3 is 0 Å². The maximum Gasteiger partial charge on any atom is 0.237 e. The van der Waals surface area contributed by atoms with Crippen LogP contribution in [0.4, 0.5) is 5.69 Å². The van der Waals surface area contributed by atoms with Crippen LogP contribution in [0.5, 0.6) is 5.75 Å². The van der Waals surface area contributed by atoms with Gasteiger partial charge < -0.3 is 9.64 Å². The van der Waals surface area contributed by atoms with E-state index in [4.69, 9.17) is 16.3 Å². The minimum atomic E-state index is -0.293. The molecule has 6 heteroatoms. The van der Waals surface area contributed by atoms with Crippen molar-refractivity contribution in [3.63, 3.8) is 0 Å². The van der Waals surface area contributed by atoms with Gasteiger partial charge in [0, 0.05) is 21.4 Å². The van der Waals surface area contributed by atoms with Crippen LogP contribution in [0.3, 0.4) is 0 Å². The van der Waals surface area contributed by atoms with E-state index in [1.807, 2.05) is 60.7 Å². The van der Waals surface area contributed by atoms with Crippen LogP contribution in [0.25, 0.3) is 0 Å². The van der Waals surface area contributed by atoms with Gasteiger partial charge in [-0.3, -0.25) is 9.78 Å². The number of hydrogen-bond donors (Lipinski definition) is 0. The largest absolute Gasteiger partial charge is 0.497 e. The summed E-state index contributed by atoms with van der Waals surface area (Å²) in [7, 11) is 1.62.